The van der Waals surface area contributed by atoms with Crippen molar-refractivity contribution in [2.24, 2.45) is 0 Å². The highest BCUT2D eigenvalue weighted by molar-refractivity contribution is 7.09. The number of esters is 1. The molecule has 0 aliphatic heterocycles. The van der Waals surface area contributed by atoms with Gasteiger partial charge in [-0.1, -0.05) is 12.1 Å². The number of ether oxygens (including phenoxy) is 3. The van der Waals surface area contributed by atoms with Gasteiger partial charge in [0.05, 0.1) is 33.1 Å². The number of amides is 2. The fourth-order valence-corrected chi connectivity index (χ4v) is 2.92. The van der Waals surface area contributed by atoms with Crippen LogP contribution < -0.4 is 10.1 Å². The van der Waals surface area contributed by atoms with Crippen molar-refractivity contribution in [3.63, 3.8) is 0 Å². The molecule has 1 aromatic carbocycles. The van der Waals surface area contributed by atoms with Crippen LogP contribution in [0.15, 0.2) is 29.6 Å². The smallest absolute Gasteiger partial charge is 0.357 e. The Hall–Kier alpha value is -2.65. The van der Waals surface area contributed by atoms with E-state index in [1.165, 1.54) is 25.6 Å². The number of nitrogens with zero attached hydrogens (tertiary/aromatic N) is 2. The van der Waals surface area contributed by atoms with E-state index in [2.05, 4.69) is 15.0 Å². The lowest BCUT2D eigenvalue weighted by Crippen LogP contribution is -2.37. The van der Waals surface area contributed by atoms with Crippen molar-refractivity contribution in [1.29, 1.82) is 0 Å². The molecule has 0 unspecified atom stereocenters. The van der Waals surface area contributed by atoms with E-state index in [1.807, 2.05) is 6.07 Å². The van der Waals surface area contributed by atoms with Crippen LogP contribution in [-0.2, 0) is 16.0 Å². The highest BCUT2D eigenvalue weighted by Crippen LogP contribution is 2.23. The van der Waals surface area contributed by atoms with Crippen LogP contribution in [0.3, 0.4) is 0 Å². The summed E-state index contributed by atoms with van der Waals surface area (Å²) in [4.78, 5) is 30.0. The maximum absolute atomic E-state index is 12.7. The summed E-state index contributed by atoms with van der Waals surface area (Å²) in [6.07, 6.45) is 0. The summed E-state index contributed by atoms with van der Waals surface area (Å²) in [5.41, 5.74) is 0.793. The summed E-state index contributed by atoms with van der Waals surface area (Å²) >= 11 is 1.29. The monoisotopic (exact) mass is 379 g/mol. The third-order valence-corrected chi connectivity index (χ3v) is 4.31. The molecule has 1 N–H and O–H groups in total. The summed E-state index contributed by atoms with van der Waals surface area (Å²) in [5, 5.41) is 5.05. The number of carbonyl (C=O) groups excluding carboxylic acids is 2. The third-order valence-electron chi connectivity index (χ3n) is 3.47. The molecule has 9 heteroatoms. The van der Waals surface area contributed by atoms with Crippen molar-refractivity contribution >= 4 is 29.0 Å². The lowest BCUT2D eigenvalue weighted by molar-refractivity contribution is 0.0594. The van der Waals surface area contributed by atoms with Crippen molar-refractivity contribution in [3.8, 4) is 5.75 Å². The molecule has 0 atom stereocenters. The molecule has 140 valence electrons. The molecular weight excluding hydrogens is 358 g/mol. The Bertz CT molecular complexity index is 750. The van der Waals surface area contributed by atoms with Gasteiger partial charge in [0.15, 0.2) is 5.69 Å². The highest BCUT2D eigenvalue weighted by atomic mass is 32.1. The van der Waals surface area contributed by atoms with Crippen molar-refractivity contribution in [3.05, 3.63) is 40.3 Å². The standard InChI is InChI=1S/C17H21N3O5S/c1-23-9-8-20(10-15-18-13(11-26-15)16(21)25-3)17(22)19-12-6-4-5-7-14(12)24-2/h4-7,11H,8-10H2,1-3H3,(H,19,22). The molecule has 0 spiro atoms. The number of rotatable bonds is 8. The van der Waals surface area contributed by atoms with Crippen molar-refractivity contribution in [2.45, 2.75) is 6.54 Å². The fraction of sp³-hybridized carbons (Fsp3) is 0.353. The Kier molecular flexibility index (Phi) is 7.37. The van der Waals surface area contributed by atoms with Crippen LogP contribution in [0.1, 0.15) is 15.5 Å². The first kappa shape index (κ1) is 19.7. The van der Waals surface area contributed by atoms with Crippen LogP contribution in [-0.4, -0.2) is 56.4 Å². The van der Waals surface area contributed by atoms with Crippen LogP contribution in [0.4, 0.5) is 10.5 Å². The number of nitrogens with one attached hydrogen (secondary N) is 1. The van der Waals surface area contributed by atoms with Crippen molar-refractivity contribution in [2.75, 3.05) is 39.8 Å². The summed E-state index contributed by atoms with van der Waals surface area (Å²) in [6, 6.07) is 6.83. The molecule has 0 aliphatic rings. The molecule has 0 aliphatic carbocycles. The number of methoxy groups -OCH3 is 3. The Balaban J connectivity index is 2.11. The molecular formula is C17H21N3O5S. The Morgan fingerprint density at radius 3 is 2.69 bits per heavy atom. The number of benzene rings is 1. The first-order chi connectivity index (χ1) is 12.6. The van der Waals surface area contributed by atoms with Gasteiger partial charge in [-0.2, -0.15) is 0 Å². The number of aromatic nitrogens is 1. The van der Waals surface area contributed by atoms with Gasteiger partial charge in [0, 0.05) is 19.0 Å². The van der Waals surface area contributed by atoms with Gasteiger partial charge in [-0.05, 0) is 12.1 Å². The van der Waals surface area contributed by atoms with Gasteiger partial charge in [-0.25, -0.2) is 14.6 Å². The first-order valence-electron chi connectivity index (χ1n) is 7.79. The molecule has 0 saturated carbocycles. The Morgan fingerprint density at radius 1 is 1.23 bits per heavy atom. The van der Waals surface area contributed by atoms with E-state index >= 15 is 0 Å². The summed E-state index contributed by atoms with van der Waals surface area (Å²) in [6.45, 7) is 0.977. The second-order valence-electron chi connectivity index (χ2n) is 5.16. The molecule has 2 rings (SSSR count). The van der Waals surface area contributed by atoms with Crippen LogP contribution in [0.2, 0.25) is 0 Å². The minimum Gasteiger partial charge on any atom is -0.495 e. The average molecular weight is 379 g/mol. The predicted octanol–water partition coefficient (Wildman–Crippen LogP) is 2.62. The largest absolute Gasteiger partial charge is 0.495 e. The van der Waals surface area contributed by atoms with E-state index < -0.39 is 5.97 Å². The van der Waals surface area contributed by atoms with E-state index in [-0.39, 0.29) is 18.3 Å². The SMILES string of the molecule is COCCN(Cc1nc(C(=O)OC)cs1)C(=O)Nc1ccccc1OC. The number of para-hydroxylation sites is 2. The molecule has 1 aromatic heterocycles. The zero-order valence-electron chi connectivity index (χ0n) is 14.9. The van der Waals surface area contributed by atoms with E-state index in [0.29, 0.717) is 29.6 Å². The summed E-state index contributed by atoms with van der Waals surface area (Å²) < 4.78 is 15.0. The zero-order valence-corrected chi connectivity index (χ0v) is 15.7. The van der Waals surface area contributed by atoms with E-state index in [4.69, 9.17) is 9.47 Å². The summed E-state index contributed by atoms with van der Waals surface area (Å²) in [7, 11) is 4.40. The average Bonchev–Trinajstić information content (AvgIpc) is 3.13. The maximum Gasteiger partial charge on any atom is 0.357 e. The molecule has 2 aromatic rings. The highest BCUT2D eigenvalue weighted by Gasteiger charge is 2.18. The second-order valence-corrected chi connectivity index (χ2v) is 6.11. The van der Waals surface area contributed by atoms with Crippen molar-refractivity contribution in [1.82, 2.24) is 9.88 Å². The number of thiazole rings is 1. The van der Waals surface area contributed by atoms with Gasteiger partial charge in [-0.15, -0.1) is 11.3 Å². The van der Waals surface area contributed by atoms with Crippen molar-refractivity contribution < 1.29 is 23.8 Å². The van der Waals surface area contributed by atoms with Gasteiger partial charge < -0.3 is 24.4 Å². The van der Waals surface area contributed by atoms with Crippen LogP contribution in [0.5, 0.6) is 5.75 Å². The van der Waals surface area contributed by atoms with Crippen LogP contribution >= 0.6 is 11.3 Å². The lowest BCUT2D eigenvalue weighted by Gasteiger charge is -2.22. The van der Waals surface area contributed by atoms with E-state index in [1.54, 1.807) is 35.6 Å². The van der Waals surface area contributed by atoms with E-state index in [0.717, 1.165) is 0 Å². The van der Waals surface area contributed by atoms with E-state index in [9.17, 15) is 9.59 Å². The van der Waals surface area contributed by atoms with Crippen LogP contribution in [0.25, 0.3) is 0 Å². The van der Waals surface area contributed by atoms with Gasteiger partial charge in [0.25, 0.3) is 0 Å². The molecule has 1 heterocycles. The third kappa shape index (κ3) is 5.17. The number of anilines is 1. The summed E-state index contributed by atoms with van der Waals surface area (Å²) in [5.74, 6) is 0.0594. The van der Waals surface area contributed by atoms with Gasteiger partial charge in [0.2, 0.25) is 0 Å². The Labute approximate surface area is 155 Å². The van der Waals surface area contributed by atoms with Crippen LogP contribution in [0, 0.1) is 0 Å². The quantitative estimate of drug-likeness (QED) is 0.709. The topological polar surface area (TPSA) is 90.0 Å². The molecule has 8 nitrogen and oxygen atoms in total. The molecule has 0 fully saturated rings. The minimum atomic E-state index is -0.505. The first-order valence-corrected chi connectivity index (χ1v) is 8.67. The normalized spacial score (nSPS) is 10.3. The number of hydrogen-bond acceptors (Lipinski definition) is 7. The second kappa shape index (κ2) is 9.73. The molecule has 26 heavy (non-hydrogen) atoms. The predicted molar refractivity (Wildman–Crippen MR) is 97.8 cm³/mol. The number of hydrogen-bond donors (Lipinski definition) is 1. The number of urea groups is 1. The van der Waals surface area contributed by atoms with Gasteiger partial charge in [0.1, 0.15) is 10.8 Å². The molecule has 0 bridgehead atoms. The number of carbonyl (C=O) groups is 2. The minimum absolute atomic E-state index is 0.226. The lowest BCUT2D eigenvalue weighted by atomic mass is 10.3. The Morgan fingerprint density at radius 2 is 2.00 bits per heavy atom. The van der Waals surface area contributed by atoms with Gasteiger partial charge in [-0.3, -0.25) is 0 Å². The maximum atomic E-state index is 12.7. The molecule has 0 saturated heterocycles. The zero-order chi connectivity index (χ0) is 18.9. The fourth-order valence-electron chi connectivity index (χ4n) is 2.14. The molecule has 2 amide bonds. The molecule has 0 radical (unpaired) electrons. The van der Waals surface area contributed by atoms with Gasteiger partial charge >= 0.3 is 12.0 Å².